The highest BCUT2D eigenvalue weighted by Crippen LogP contribution is 2.48. The van der Waals surface area contributed by atoms with Gasteiger partial charge in [-0.2, -0.15) is 0 Å². The zero-order valence-electron chi connectivity index (χ0n) is 19.1. The smallest absolute Gasteiger partial charge is 0.310 e. The predicted molar refractivity (Wildman–Crippen MR) is 119 cm³/mol. The first-order valence-electron chi connectivity index (χ1n) is 11.6. The fraction of sp³-hybridized carbons (Fsp3) is 0.615. The van der Waals surface area contributed by atoms with Crippen LogP contribution in [0.2, 0.25) is 0 Å². The van der Waals surface area contributed by atoms with E-state index in [1.165, 1.54) is 16.7 Å². The maximum Gasteiger partial charge on any atom is 0.310 e. The molecule has 0 bridgehead atoms. The molecule has 1 aromatic rings. The van der Waals surface area contributed by atoms with E-state index in [0.717, 1.165) is 44.1 Å². The molecule has 1 spiro atoms. The molecule has 0 atom stereocenters. The van der Waals surface area contributed by atoms with Gasteiger partial charge in [-0.3, -0.25) is 9.59 Å². The Morgan fingerprint density at radius 2 is 1.70 bits per heavy atom. The molecule has 2 aliphatic rings. The van der Waals surface area contributed by atoms with E-state index in [-0.39, 0.29) is 17.2 Å². The Bertz CT molecular complexity index is 802. The number of allylic oxidation sites excluding steroid dienone is 2. The molecule has 0 aromatic heterocycles. The van der Waals surface area contributed by atoms with Gasteiger partial charge >= 0.3 is 5.97 Å². The second-order valence-electron chi connectivity index (χ2n) is 8.93. The van der Waals surface area contributed by atoms with Crippen molar-refractivity contribution >= 4 is 17.3 Å². The molecule has 0 amide bonds. The number of unbranched alkanes of at least 4 members (excludes halogenated alkanes) is 1. The van der Waals surface area contributed by atoms with Gasteiger partial charge in [-0.1, -0.05) is 44.9 Å². The lowest BCUT2D eigenvalue weighted by molar-refractivity contribution is -0.140. The SMILES string of the molecule is CCCCC(=O)OC1=C(c2c(CC)cc(C)cc2CC)C(=O)CC2(CCOCC2)C1. The maximum absolute atomic E-state index is 13.6. The van der Waals surface area contributed by atoms with Gasteiger partial charge in [-0.05, 0) is 61.1 Å². The molecular weight excluding hydrogens is 376 g/mol. The van der Waals surface area contributed by atoms with Crippen molar-refractivity contribution in [3.63, 3.8) is 0 Å². The van der Waals surface area contributed by atoms with Crippen molar-refractivity contribution in [2.24, 2.45) is 5.41 Å². The number of hydrogen-bond acceptors (Lipinski definition) is 4. The van der Waals surface area contributed by atoms with E-state index in [2.05, 4.69) is 39.8 Å². The van der Waals surface area contributed by atoms with Crippen molar-refractivity contribution in [2.75, 3.05) is 13.2 Å². The van der Waals surface area contributed by atoms with Gasteiger partial charge in [-0.15, -0.1) is 0 Å². The molecule has 1 aliphatic heterocycles. The summed E-state index contributed by atoms with van der Waals surface area (Å²) in [5, 5.41) is 0. The van der Waals surface area contributed by atoms with Gasteiger partial charge in [0.2, 0.25) is 0 Å². The predicted octanol–water partition coefficient (Wildman–Crippen LogP) is 5.72. The van der Waals surface area contributed by atoms with E-state index < -0.39 is 0 Å². The van der Waals surface area contributed by atoms with Crippen LogP contribution < -0.4 is 0 Å². The molecule has 0 N–H and O–H groups in total. The van der Waals surface area contributed by atoms with Gasteiger partial charge in [0.1, 0.15) is 5.76 Å². The van der Waals surface area contributed by atoms with Crippen molar-refractivity contribution in [3.8, 4) is 0 Å². The number of aryl methyl sites for hydroxylation is 3. The Kier molecular flexibility index (Phi) is 7.51. The summed E-state index contributed by atoms with van der Waals surface area (Å²) < 4.78 is 11.5. The summed E-state index contributed by atoms with van der Waals surface area (Å²) in [6, 6.07) is 4.34. The molecule has 1 aliphatic carbocycles. The van der Waals surface area contributed by atoms with Crippen LogP contribution in [0.15, 0.2) is 17.9 Å². The Morgan fingerprint density at radius 3 is 2.27 bits per heavy atom. The number of Topliss-reactive ketones (excluding diaryl/α,β-unsaturated/α-hetero) is 1. The first-order valence-corrected chi connectivity index (χ1v) is 11.6. The summed E-state index contributed by atoms with van der Waals surface area (Å²) >= 11 is 0. The van der Waals surface area contributed by atoms with Crippen LogP contribution in [0.25, 0.3) is 5.57 Å². The number of esters is 1. The van der Waals surface area contributed by atoms with Gasteiger partial charge in [0.25, 0.3) is 0 Å². The maximum atomic E-state index is 13.6. The minimum Gasteiger partial charge on any atom is -0.430 e. The highest BCUT2D eigenvalue weighted by Gasteiger charge is 2.43. The monoisotopic (exact) mass is 412 g/mol. The molecule has 164 valence electrons. The molecule has 0 radical (unpaired) electrons. The molecule has 4 nitrogen and oxygen atoms in total. The minimum atomic E-state index is -0.218. The third-order valence-corrected chi connectivity index (χ3v) is 6.61. The van der Waals surface area contributed by atoms with Gasteiger partial charge in [0.05, 0.1) is 5.57 Å². The van der Waals surface area contributed by atoms with Crippen molar-refractivity contribution in [2.45, 2.75) is 85.5 Å². The van der Waals surface area contributed by atoms with Crippen LogP contribution in [-0.4, -0.2) is 25.0 Å². The van der Waals surface area contributed by atoms with Crippen LogP contribution >= 0.6 is 0 Å². The normalized spacial score (nSPS) is 18.7. The topological polar surface area (TPSA) is 52.6 Å². The number of rotatable bonds is 7. The van der Waals surface area contributed by atoms with Crippen LogP contribution in [0, 0.1) is 12.3 Å². The largest absolute Gasteiger partial charge is 0.430 e. The summed E-state index contributed by atoms with van der Waals surface area (Å²) in [4.78, 5) is 26.2. The molecule has 3 rings (SSSR count). The Hall–Kier alpha value is -1.94. The molecule has 1 aromatic carbocycles. The zero-order valence-corrected chi connectivity index (χ0v) is 19.1. The zero-order chi connectivity index (χ0) is 21.7. The van der Waals surface area contributed by atoms with E-state index in [0.29, 0.717) is 43.8 Å². The minimum absolute atomic E-state index is 0.120. The fourth-order valence-electron chi connectivity index (χ4n) is 4.93. The van der Waals surface area contributed by atoms with Gasteiger partial charge in [-0.25, -0.2) is 0 Å². The standard InChI is InChI=1S/C26H36O4/c1-5-8-9-23(28)30-22-17-26(10-12-29-13-11-26)16-21(27)25(22)24-19(6-2)14-18(4)15-20(24)7-3/h14-15H,5-13,16-17H2,1-4H3. The first kappa shape index (κ1) is 22.7. The van der Waals surface area contributed by atoms with Gasteiger partial charge in [0, 0.05) is 32.5 Å². The average molecular weight is 413 g/mol. The number of carbonyl (C=O) groups excluding carboxylic acids is 2. The summed E-state index contributed by atoms with van der Waals surface area (Å²) in [5.41, 5.74) is 5.07. The van der Waals surface area contributed by atoms with E-state index in [9.17, 15) is 9.59 Å². The second-order valence-corrected chi connectivity index (χ2v) is 8.93. The van der Waals surface area contributed by atoms with Crippen LogP contribution in [0.4, 0.5) is 0 Å². The van der Waals surface area contributed by atoms with E-state index >= 15 is 0 Å². The van der Waals surface area contributed by atoms with Gasteiger partial charge < -0.3 is 9.47 Å². The quantitative estimate of drug-likeness (QED) is 0.537. The second kappa shape index (κ2) is 9.91. The average Bonchev–Trinajstić information content (AvgIpc) is 2.72. The molecule has 1 fully saturated rings. The summed E-state index contributed by atoms with van der Waals surface area (Å²) in [7, 11) is 0. The number of ether oxygens (including phenoxy) is 2. The molecule has 0 unspecified atom stereocenters. The molecule has 30 heavy (non-hydrogen) atoms. The summed E-state index contributed by atoms with van der Waals surface area (Å²) in [5.74, 6) is 0.502. The van der Waals surface area contributed by atoms with Crippen LogP contribution in [0.5, 0.6) is 0 Å². The molecule has 1 heterocycles. The number of benzene rings is 1. The van der Waals surface area contributed by atoms with Crippen LogP contribution in [0.1, 0.15) is 88.0 Å². The molecule has 0 saturated carbocycles. The Morgan fingerprint density at radius 1 is 1.07 bits per heavy atom. The Balaban J connectivity index is 2.12. The number of carbonyl (C=O) groups is 2. The third kappa shape index (κ3) is 4.85. The van der Waals surface area contributed by atoms with E-state index in [4.69, 9.17) is 9.47 Å². The van der Waals surface area contributed by atoms with E-state index in [1.54, 1.807) is 0 Å². The van der Waals surface area contributed by atoms with Crippen LogP contribution in [0.3, 0.4) is 0 Å². The Labute approximate surface area is 181 Å². The highest BCUT2D eigenvalue weighted by atomic mass is 16.5. The fourth-order valence-corrected chi connectivity index (χ4v) is 4.93. The molecular formula is C26H36O4. The molecule has 1 saturated heterocycles. The summed E-state index contributed by atoms with van der Waals surface area (Å²) in [6.07, 6.45) is 6.69. The summed E-state index contributed by atoms with van der Waals surface area (Å²) in [6.45, 7) is 9.75. The van der Waals surface area contributed by atoms with Crippen molar-refractivity contribution < 1.29 is 19.1 Å². The van der Waals surface area contributed by atoms with Crippen LogP contribution in [-0.2, 0) is 31.9 Å². The van der Waals surface area contributed by atoms with Gasteiger partial charge in [0.15, 0.2) is 5.78 Å². The highest BCUT2D eigenvalue weighted by molar-refractivity contribution is 6.23. The lowest BCUT2D eigenvalue weighted by Gasteiger charge is -2.41. The lowest BCUT2D eigenvalue weighted by Crippen LogP contribution is -2.37. The number of hydrogen-bond donors (Lipinski definition) is 0. The first-order chi connectivity index (χ1) is 14.4. The number of ketones is 1. The van der Waals surface area contributed by atoms with Crippen molar-refractivity contribution in [1.82, 2.24) is 0 Å². The van der Waals surface area contributed by atoms with Crippen molar-refractivity contribution in [1.29, 1.82) is 0 Å². The van der Waals surface area contributed by atoms with E-state index in [1.807, 2.05) is 0 Å². The third-order valence-electron chi connectivity index (χ3n) is 6.61. The lowest BCUT2D eigenvalue weighted by atomic mass is 9.67. The molecule has 4 heteroatoms. The van der Waals surface area contributed by atoms with Crippen molar-refractivity contribution in [3.05, 3.63) is 40.1 Å².